The molecule has 0 bridgehead atoms. The molecule has 0 spiro atoms. The van der Waals surface area contributed by atoms with Gasteiger partial charge in [0.1, 0.15) is 17.6 Å². The summed E-state index contributed by atoms with van der Waals surface area (Å²) < 4.78 is 10.4. The summed E-state index contributed by atoms with van der Waals surface area (Å²) in [5.41, 5.74) is 0.534. The first-order valence-corrected chi connectivity index (χ1v) is 6.19. The van der Waals surface area contributed by atoms with Crippen LogP contribution >= 0.6 is 0 Å². The van der Waals surface area contributed by atoms with E-state index in [4.69, 9.17) is 8.94 Å². The Hall–Kier alpha value is -2.11. The maximum Gasteiger partial charge on any atom is 0.255 e. The van der Waals surface area contributed by atoms with Gasteiger partial charge in [-0.25, -0.2) is 0 Å². The monoisotopic (exact) mass is 263 g/mol. The fourth-order valence-corrected chi connectivity index (χ4v) is 1.89. The van der Waals surface area contributed by atoms with Crippen LogP contribution in [-0.4, -0.2) is 16.0 Å². The first kappa shape index (κ1) is 13.3. The average molecular weight is 263 g/mol. The Morgan fingerprint density at radius 2 is 2.16 bits per heavy atom. The SMILES string of the molecule is CCC(NC(=O)c1cc(C)oc1C)c1nc(C)no1. The van der Waals surface area contributed by atoms with E-state index >= 15 is 0 Å². The van der Waals surface area contributed by atoms with Crippen LogP contribution in [0.4, 0.5) is 0 Å². The van der Waals surface area contributed by atoms with Crippen LogP contribution in [0.1, 0.15) is 53.0 Å². The number of amides is 1. The number of furan rings is 1. The summed E-state index contributed by atoms with van der Waals surface area (Å²) in [4.78, 5) is 16.3. The highest BCUT2D eigenvalue weighted by molar-refractivity contribution is 5.95. The van der Waals surface area contributed by atoms with Crippen molar-refractivity contribution in [2.45, 2.75) is 40.2 Å². The van der Waals surface area contributed by atoms with Crippen LogP contribution in [-0.2, 0) is 0 Å². The van der Waals surface area contributed by atoms with Gasteiger partial charge in [-0.3, -0.25) is 4.79 Å². The molecule has 0 radical (unpaired) electrons. The molecule has 6 heteroatoms. The lowest BCUT2D eigenvalue weighted by Gasteiger charge is -2.12. The minimum atomic E-state index is -0.289. The molecule has 2 aromatic heterocycles. The summed E-state index contributed by atoms with van der Waals surface area (Å²) >= 11 is 0. The molecule has 2 aromatic rings. The van der Waals surface area contributed by atoms with E-state index in [0.29, 0.717) is 35.2 Å². The lowest BCUT2D eigenvalue weighted by Crippen LogP contribution is -2.28. The van der Waals surface area contributed by atoms with Crippen molar-refractivity contribution in [1.29, 1.82) is 0 Å². The van der Waals surface area contributed by atoms with Gasteiger partial charge in [-0.1, -0.05) is 12.1 Å². The summed E-state index contributed by atoms with van der Waals surface area (Å²) in [5, 5.41) is 6.60. The van der Waals surface area contributed by atoms with Crippen molar-refractivity contribution in [2.75, 3.05) is 0 Å². The Balaban J connectivity index is 2.15. The summed E-state index contributed by atoms with van der Waals surface area (Å²) in [7, 11) is 0. The smallest absolute Gasteiger partial charge is 0.255 e. The first-order chi connectivity index (χ1) is 9.01. The van der Waals surface area contributed by atoms with E-state index in [1.54, 1.807) is 19.9 Å². The van der Waals surface area contributed by atoms with Crippen molar-refractivity contribution in [3.63, 3.8) is 0 Å². The van der Waals surface area contributed by atoms with Gasteiger partial charge in [-0.2, -0.15) is 4.98 Å². The normalized spacial score (nSPS) is 12.4. The Kier molecular flexibility index (Phi) is 3.69. The highest BCUT2D eigenvalue weighted by Crippen LogP contribution is 2.18. The van der Waals surface area contributed by atoms with Gasteiger partial charge in [0.05, 0.1) is 5.56 Å². The number of hydrogen-bond donors (Lipinski definition) is 1. The number of carbonyl (C=O) groups excluding carboxylic acids is 1. The molecular weight excluding hydrogens is 246 g/mol. The Labute approximate surface area is 111 Å². The lowest BCUT2D eigenvalue weighted by molar-refractivity contribution is 0.0925. The number of nitrogens with zero attached hydrogens (tertiary/aromatic N) is 2. The van der Waals surface area contributed by atoms with Crippen LogP contribution in [0, 0.1) is 20.8 Å². The van der Waals surface area contributed by atoms with Crippen LogP contribution in [0.15, 0.2) is 15.0 Å². The van der Waals surface area contributed by atoms with E-state index in [0.717, 1.165) is 0 Å². The predicted octanol–water partition coefficient (Wildman–Crippen LogP) is 2.47. The molecular formula is C13H17N3O3. The van der Waals surface area contributed by atoms with Gasteiger partial charge < -0.3 is 14.3 Å². The second-order valence-corrected chi connectivity index (χ2v) is 4.44. The van der Waals surface area contributed by atoms with Gasteiger partial charge in [0.15, 0.2) is 5.82 Å². The summed E-state index contributed by atoms with van der Waals surface area (Å²) in [6.07, 6.45) is 0.670. The van der Waals surface area contributed by atoms with Crippen molar-refractivity contribution in [3.8, 4) is 0 Å². The number of aromatic nitrogens is 2. The minimum Gasteiger partial charge on any atom is -0.466 e. The fraction of sp³-hybridized carbons (Fsp3) is 0.462. The summed E-state index contributed by atoms with van der Waals surface area (Å²) in [5.74, 6) is 2.09. The van der Waals surface area contributed by atoms with Crippen LogP contribution in [0.25, 0.3) is 0 Å². The number of aryl methyl sites for hydroxylation is 3. The average Bonchev–Trinajstić information content (AvgIpc) is 2.92. The van der Waals surface area contributed by atoms with E-state index in [9.17, 15) is 4.79 Å². The zero-order valence-electron chi connectivity index (χ0n) is 11.5. The van der Waals surface area contributed by atoms with E-state index in [1.807, 2.05) is 13.8 Å². The maximum absolute atomic E-state index is 12.2. The number of hydrogen-bond acceptors (Lipinski definition) is 5. The maximum atomic E-state index is 12.2. The molecule has 0 aliphatic rings. The van der Waals surface area contributed by atoms with Gasteiger partial charge in [-0.05, 0) is 33.3 Å². The molecule has 1 atom stereocenters. The minimum absolute atomic E-state index is 0.197. The third-order valence-electron chi connectivity index (χ3n) is 2.84. The molecule has 2 heterocycles. The molecule has 0 fully saturated rings. The number of carbonyl (C=O) groups is 1. The number of rotatable bonds is 4. The molecule has 0 aliphatic carbocycles. The standard InChI is InChI=1S/C13H17N3O3/c1-5-11(13-14-9(4)16-19-13)15-12(17)10-6-7(2)18-8(10)3/h6,11H,5H2,1-4H3,(H,15,17). The van der Waals surface area contributed by atoms with Crippen molar-refractivity contribution in [3.05, 3.63) is 34.9 Å². The molecule has 1 N–H and O–H groups in total. The Bertz CT molecular complexity index is 586. The molecule has 0 saturated heterocycles. The van der Waals surface area contributed by atoms with Gasteiger partial charge >= 0.3 is 0 Å². The van der Waals surface area contributed by atoms with E-state index in [-0.39, 0.29) is 11.9 Å². The van der Waals surface area contributed by atoms with Crippen LogP contribution in [0.5, 0.6) is 0 Å². The zero-order chi connectivity index (χ0) is 14.0. The molecule has 0 saturated carbocycles. The second-order valence-electron chi connectivity index (χ2n) is 4.44. The molecule has 1 amide bonds. The molecule has 102 valence electrons. The third kappa shape index (κ3) is 2.83. The van der Waals surface area contributed by atoms with E-state index in [1.165, 1.54) is 0 Å². The first-order valence-electron chi connectivity index (χ1n) is 6.19. The van der Waals surface area contributed by atoms with Crippen molar-refractivity contribution >= 4 is 5.91 Å². The molecule has 6 nitrogen and oxygen atoms in total. The fourth-order valence-electron chi connectivity index (χ4n) is 1.89. The highest BCUT2D eigenvalue weighted by atomic mass is 16.5. The highest BCUT2D eigenvalue weighted by Gasteiger charge is 2.21. The molecule has 1 unspecified atom stereocenters. The lowest BCUT2D eigenvalue weighted by atomic mass is 10.2. The second kappa shape index (κ2) is 5.26. The van der Waals surface area contributed by atoms with Crippen LogP contribution in [0.3, 0.4) is 0 Å². The van der Waals surface area contributed by atoms with Crippen molar-refractivity contribution in [1.82, 2.24) is 15.5 Å². The van der Waals surface area contributed by atoms with Gasteiger partial charge in [0.25, 0.3) is 5.91 Å². The third-order valence-corrected chi connectivity index (χ3v) is 2.84. The molecule has 0 aliphatic heterocycles. The molecule has 0 aromatic carbocycles. The Morgan fingerprint density at radius 3 is 2.63 bits per heavy atom. The summed E-state index contributed by atoms with van der Waals surface area (Å²) in [6, 6.07) is 1.43. The van der Waals surface area contributed by atoms with Crippen molar-refractivity contribution in [2.24, 2.45) is 0 Å². The predicted molar refractivity (Wildman–Crippen MR) is 67.7 cm³/mol. The Morgan fingerprint density at radius 1 is 1.42 bits per heavy atom. The van der Waals surface area contributed by atoms with Crippen LogP contribution < -0.4 is 5.32 Å². The summed E-state index contributed by atoms with van der Waals surface area (Å²) in [6.45, 7) is 7.26. The number of nitrogens with one attached hydrogen (secondary N) is 1. The van der Waals surface area contributed by atoms with Crippen LogP contribution in [0.2, 0.25) is 0 Å². The van der Waals surface area contributed by atoms with Crippen molar-refractivity contribution < 1.29 is 13.7 Å². The molecule has 19 heavy (non-hydrogen) atoms. The van der Waals surface area contributed by atoms with Gasteiger partial charge in [-0.15, -0.1) is 0 Å². The molecule has 2 rings (SSSR count). The van der Waals surface area contributed by atoms with Gasteiger partial charge in [0, 0.05) is 0 Å². The topological polar surface area (TPSA) is 81.2 Å². The zero-order valence-corrected chi connectivity index (χ0v) is 11.5. The van der Waals surface area contributed by atoms with E-state index in [2.05, 4.69) is 15.5 Å². The quantitative estimate of drug-likeness (QED) is 0.916. The largest absolute Gasteiger partial charge is 0.466 e. The van der Waals surface area contributed by atoms with Gasteiger partial charge in [0.2, 0.25) is 5.89 Å². The van der Waals surface area contributed by atoms with E-state index < -0.39 is 0 Å².